The average Bonchev–Trinajstić information content (AvgIpc) is 2.60. The molecule has 0 aromatic rings. The minimum Gasteiger partial charge on any atom is -0.320 e. The fraction of sp³-hybridized carbons (Fsp3) is 0.909. The summed E-state index contributed by atoms with van der Waals surface area (Å²) in [6, 6.07) is 1.27. The van der Waals surface area contributed by atoms with Gasteiger partial charge in [0.2, 0.25) is 5.91 Å². The molecule has 78 valence electrons. The molecule has 2 saturated heterocycles. The van der Waals surface area contributed by atoms with Gasteiger partial charge in [-0.1, -0.05) is 6.42 Å². The number of hydrogen-bond donors (Lipinski definition) is 1. The zero-order chi connectivity index (χ0) is 9.76. The molecule has 0 radical (unpaired) electrons. The van der Waals surface area contributed by atoms with Crippen molar-refractivity contribution in [1.29, 1.82) is 0 Å². The first kappa shape index (κ1) is 8.72. The predicted molar refractivity (Wildman–Crippen MR) is 52.5 cm³/mol. The van der Waals surface area contributed by atoms with Gasteiger partial charge >= 0.3 is 0 Å². The molecule has 3 atom stereocenters. The molecule has 1 aliphatic carbocycles. The smallest absolute Gasteiger partial charge is 0.228 e. The highest BCUT2D eigenvalue weighted by Gasteiger charge is 2.58. The molecule has 0 spiro atoms. The molecule has 0 aromatic heterocycles. The first-order valence-corrected chi connectivity index (χ1v) is 5.89. The van der Waals surface area contributed by atoms with Crippen molar-refractivity contribution in [1.82, 2.24) is 4.90 Å². The molecule has 1 saturated carbocycles. The molecule has 0 bridgehead atoms. The second-order valence-electron chi connectivity index (χ2n) is 5.30. The van der Waals surface area contributed by atoms with Gasteiger partial charge in [0.05, 0.1) is 6.04 Å². The predicted octanol–water partition coefficient (Wildman–Crippen LogP) is 0.213. The molecule has 3 aliphatic rings. The summed E-state index contributed by atoms with van der Waals surface area (Å²) in [7, 11) is 0. The number of carbonyl (C=O) groups excluding carboxylic acids is 1. The number of fused-ring (bicyclic) bond motifs is 3. The van der Waals surface area contributed by atoms with E-state index in [9.17, 15) is 4.79 Å². The zero-order valence-electron chi connectivity index (χ0n) is 8.83. The normalized spacial score (nSPS) is 46.6. The third-order valence-electron chi connectivity index (χ3n) is 4.35. The fourth-order valence-corrected chi connectivity index (χ4v) is 3.73. The van der Waals surface area contributed by atoms with E-state index in [4.69, 9.17) is 0 Å². The van der Waals surface area contributed by atoms with E-state index in [0.717, 1.165) is 12.8 Å². The molecule has 3 nitrogen and oxygen atoms in total. The van der Waals surface area contributed by atoms with Crippen LogP contribution in [0.4, 0.5) is 0 Å². The Morgan fingerprint density at radius 1 is 1.43 bits per heavy atom. The lowest BCUT2D eigenvalue weighted by Gasteiger charge is -2.28. The van der Waals surface area contributed by atoms with Crippen LogP contribution in [0.15, 0.2) is 0 Å². The van der Waals surface area contributed by atoms with Crippen LogP contribution in [0, 0.1) is 0 Å². The monoisotopic (exact) mass is 195 g/mol. The van der Waals surface area contributed by atoms with E-state index < -0.39 is 0 Å². The Morgan fingerprint density at radius 2 is 2.21 bits per heavy atom. The molecule has 2 heterocycles. The van der Waals surface area contributed by atoms with Crippen LogP contribution in [-0.4, -0.2) is 28.6 Å². The highest BCUT2D eigenvalue weighted by Crippen LogP contribution is 2.36. The molecular formula is C11H19N2O+. The van der Waals surface area contributed by atoms with Crippen LogP contribution in [0.5, 0.6) is 0 Å². The molecule has 2 N–H and O–H groups in total. The highest BCUT2D eigenvalue weighted by atomic mass is 16.2. The lowest BCUT2D eigenvalue weighted by atomic mass is 9.91. The van der Waals surface area contributed by atoms with Gasteiger partial charge in [0.15, 0.2) is 5.66 Å². The third-order valence-corrected chi connectivity index (χ3v) is 4.35. The van der Waals surface area contributed by atoms with Crippen LogP contribution in [0.25, 0.3) is 0 Å². The van der Waals surface area contributed by atoms with E-state index in [1.54, 1.807) is 0 Å². The van der Waals surface area contributed by atoms with Gasteiger partial charge in [-0.25, -0.2) is 0 Å². The van der Waals surface area contributed by atoms with Crippen molar-refractivity contribution in [2.45, 2.75) is 63.2 Å². The summed E-state index contributed by atoms with van der Waals surface area (Å²) in [5, 5.41) is 2.47. The van der Waals surface area contributed by atoms with Gasteiger partial charge in [-0.05, 0) is 12.8 Å². The Bertz CT molecular complexity index is 278. The summed E-state index contributed by atoms with van der Waals surface area (Å²) in [6.07, 6.45) is 7.05. The van der Waals surface area contributed by atoms with Crippen molar-refractivity contribution in [3.63, 3.8) is 0 Å². The summed E-state index contributed by atoms with van der Waals surface area (Å²) in [5.74, 6) is 0.401. The average molecular weight is 195 g/mol. The number of quaternary nitrogens is 1. The largest absolute Gasteiger partial charge is 0.320 e. The Kier molecular flexibility index (Phi) is 1.69. The topological polar surface area (TPSA) is 36.9 Å². The summed E-state index contributed by atoms with van der Waals surface area (Å²) in [6.45, 7) is 2.25. The van der Waals surface area contributed by atoms with Crippen molar-refractivity contribution < 1.29 is 10.1 Å². The van der Waals surface area contributed by atoms with E-state index in [-0.39, 0.29) is 5.66 Å². The molecule has 3 fully saturated rings. The van der Waals surface area contributed by atoms with Gasteiger partial charge in [-0.3, -0.25) is 9.69 Å². The minimum atomic E-state index is 0.122. The number of nitrogens with two attached hydrogens (primary N) is 1. The van der Waals surface area contributed by atoms with Crippen molar-refractivity contribution >= 4 is 5.91 Å². The van der Waals surface area contributed by atoms with Gasteiger partial charge < -0.3 is 5.32 Å². The third kappa shape index (κ3) is 0.991. The Balaban J connectivity index is 1.92. The van der Waals surface area contributed by atoms with Crippen LogP contribution in [0.1, 0.15) is 45.4 Å². The van der Waals surface area contributed by atoms with E-state index in [2.05, 4.69) is 17.1 Å². The Morgan fingerprint density at radius 3 is 3.07 bits per heavy atom. The summed E-state index contributed by atoms with van der Waals surface area (Å²) >= 11 is 0. The van der Waals surface area contributed by atoms with E-state index in [1.165, 1.54) is 25.7 Å². The van der Waals surface area contributed by atoms with E-state index in [1.807, 2.05) is 0 Å². The first-order valence-electron chi connectivity index (χ1n) is 5.89. The number of nitrogens with zero attached hydrogens (tertiary/aromatic N) is 1. The minimum absolute atomic E-state index is 0.122. The second-order valence-corrected chi connectivity index (χ2v) is 5.30. The lowest BCUT2D eigenvalue weighted by molar-refractivity contribution is -0.742. The quantitative estimate of drug-likeness (QED) is 0.589. The van der Waals surface area contributed by atoms with Crippen LogP contribution in [0.3, 0.4) is 0 Å². The first-order chi connectivity index (χ1) is 6.71. The second kappa shape index (κ2) is 2.72. The van der Waals surface area contributed by atoms with Crippen LogP contribution >= 0.6 is 0 Å². The van der Waals surface area contributed by atoms with Crippen molar-refractivity contribution in [3.8, 4) is 0 Å². The van der Waals surface area contributed by atoms with E-state index >= 15 is 0 Å². The van der Waals surface area contributed by atoms with Gasteiger partial charge in [0.1, 0.15) is 6.04 Å². The number of amides is 1. The standard InChI is InChI=1S/C11H18N2O/c1-11-7-6-10(14)13(11)9-5-3-2-4-8(9)12-11/h8-9,12H,2-7H2,1H3/p+1/t8-,9-,11-/m0/s1. The van der Waals surface area contributed by atoms with Gasteiger partial charge in [0, 0.05) is 26.2 Å². The van der Waals surface area contributed by atoms with Crippen LogP contribution in [-0.2, 0) is 4.79 Å². The molecule has 1 amide bonds. The Hall–Kier alpha value is -0.570. The van der Waals surface area contributed by atoms with Crippen molar-refractivity contribution in [2.75, 3.05) is 0 Å². The number of rotatable bonds is 0. The lowest BCUT2D eigenvalue weighted by Crippen LogP contribution is -2.98. The summed E-state index contributed by atoms with van der Waals surface area (Å²) in [5.41, 5.74) is 0.122. The Labute approximate surface area is 84.8 Å². The SMILES string of the molecule is C[C@@]12CCC(=O)N1[C@H]1CCCC[C@@H]1[NH2+]2. The highest BCUT2D eigenvalue weighted by molar-refractivity contribution is 5.79. The van der Waals surface area contributed by atoms with Gasteiger partial charge in [0.25, 0.3) is 0 Å². The zero-order valence-corrected chi connectivity index (χ0v) is 8.83. The van der Waals surface area contributed by atoms with Gasteiger partial charge in [-0.2, -0.15) is 0 Å². The molecule has 3 rings (SSSR count). The molecule has 0 unspecified atom stereocenters. The molecule has 14 heavy (non-hydrogen) atoms. The molecule has 2 aliphatic heterocycles. The maximum absolute atomic E-state index is 11.8. The fourth-order valence-electron chi connectivity index (χ4n) is 3.73. The van der Waals surface area contributed by atoms with Gasteiger partial charge in [-0.15, -0.1) is 0 Å². The maximum Gasteiger partial charge on any atom is 0.228 e. The summed E-state index contributed by atoms with van der Waals surface area (Å²) < 4.78 is 0. The van der Waals surface area contributed by atoms with Crippen LogP contribution in [0.2, 0.25) is 0 Å². The van der Waals surface area contributed by atoms with E-state index in [0.29, 0.717) is 18.0 Å². The molecule has 3 heteroatoms. The van der Waals surface area contributed by atoms with Crippen molar-refractivity contribution in [2.24, 2.45) is 0 Å². The molecule has 0 aromatic carbocycles. The number of hydrogen-bond acceptors (Lipinski definition) is 1. The van der Waals surface area contributed by atoms with Crippen molar-refractivity contribution in [3.05, 3.63) is 0 Å². The maximum atomic E-state index is 11.8. The number of carbonyl (C=O) groups is 1. The van der Waals surface area contributed by atoms with Crippen LogP contribution < -0.4 is 5.32 Å². The molecular weight excluding hydrogens is 176 g/mol. The summed E-state index contributed by atoms with van der Waals surface area (Å²) in [4.78, 5) is 14.0.